The van der Waals surface area contributed by atoms with Gasteiger partial charge >= 0.3 is 6.09 Å². The van der Waals surface area contributed by atoms with Gasteiger partial charge in [0.05, 0.1) is 17.1 Å². The summed E-state index contributed by atoms with van der Waals surface area (Å²) in [5.41, 5.74) is 2.57. The number of amides is 1. The second-order valence-electron chi connectivity index (χ2n) is 8.06. The molecule has 2 N–H and O–H groups in total. The molecule has 9 heteroatoms. The summed E-state index contributed by atoms with van der Waals surface area (Å²) in [6, 6.07) is 5.18. The van der Waals surface area contributed by atoms with Crippen molar-refractivity contribution in [1.29, 1.82) is 0 Å². The fourth-order valence-corrected chi connectivity index (χ4v) is 4.43. The zero-order valence-corrected chi connectivity index (χ0v) is 17.6. The first-order valence-corrected chi connectivity index (χ1v) is 10.6. The smallest absolute Gasteiger partial charge is 0.410 e. The van der Waals surface area contributed by atoms with Gasteiger partial charge in [-0.05, 0) is 52.7 Å². The number of hydrogen-bond acceptors (Lipinski definition) is 5. The molecular weight excluding hydrogens is 380 g/mol. The number of hydrogen-bond donors (Lipinski definition) is 2. The van der Waals surface area contributed by atoms with Crippen molar-refractivity contribution in [3.63, 3.8) is 0 Å². The molecule has 2 aromatic rings. The zero-order valence-electron chi connectivity index (χ0n) is 16.8. The largest absolute Gasteiger partial charge is 0.444 e. The first-order chi connectivity index (χ1) is 13.0. The van der Waals surface area contributed by atoms with Crippen molar-refractivity contribution in [3.05, 3.63) is 40.6 Å². The van der Waals surface area contributed by atoms with E-state index in [0.717, 1.165) is 11.1 Å². The molecule has 0 radical (unpaired) electrons. The van der Waals surface area contributed by atoms with Crippen molar-refractivity contribution in [2.75, 3.05) is 11.3 Å². The standard InChI is InChI=1S/C19H26N4O4S/c1-12-6-7-16(13(2)10-12)28(25,26)22-17-14-8-9-23(11-15(14)20-21-17)18(24)27-19(3,4)5/h6-7,10H,8-9,11H2,1-5H3,(H2,20,21,22). The fraction of sp³-hybridized carbons (Fsp3) is 0.474. The number of aromatic nitrogens is 2. The van der Waals surface area contributed by atoms with E-state index >= 15 is 0 Å². The van der Waals surface area contributed by atoms with Crippen LogP contribution in [-0.2, 0) is 27.7 Å². The van der Waals surface area contributed by atoms with Gasteiger partial charge in [-0.25, -0.2) is 13.2 Å². The molecule has 0 aliphatic carbocycles. The van der Waals surface area contributed by atoms with Crippen LogP contribution in [0.3, 0.4) is 0 Å². The minimum atomic E-state index is -3.76. The van der Waals surface area contributed by atoms with Crippen molar-refractivity contribution in [3.8, 4) is 0 Å². The van der Waals surface area contributed by atoms with E-state index in [-0.39, 0.29) is 10.7 Å². The Bertz CT molecular complexity index is 1010. The Morgan fingerprint density at radius 1 is 1.29 bits per heavy atom. The van der Waals surface area contributed by atoms with E-state index in [4.69, 9.17) is 4.74 Å². The van der Waals surface area contributed by atoms with Gasteiger partial charge in [-0.2, -0.15) is 5.10 Å². The highest BCUT2D eigenvalue weighted by Crippen LogP contribution is 2.27. The summed E-state index contributed by atoms with van der Waals surface area (Å²) < 4.78 is 33.6. The van der Waals surface area contributed by atoms with Crippen molar-refractivity contribution in [2.45, 2.75) is 58.1 Å². The lowest BCUT2D eigenvalue weighted by molar-refractivity contribution is 0.0221. The number of carbonyl (C=O) groups is 1. The highest BCUT2D eigenvalue weighted by Gasteiger charge is 2.30. The molecule has 3 rings (SSSR count). The Hall–Kier alpha value is -2.55. The summed E-state index contributed by atoms with van der Waals surface area (Å²) in [4.78, 5) is 14.1. The van der Waals surface area contributed by atoms with Gasteiger partial charge in [0, 0.05) is 12.1 Å². The molecule has 28 heavy (non-hydrogen) atoms. The van der Waals surface area contributed by atoms with E-state index in [1.807, 2.05) is 33.8 Å². The second kappa shape index (κ2) is 7.12. The number of nitrogens with zero attached hydrogens (tertiary/aromatic N) is 2. The van der Waals surface area contributed by atoms with E-state index in [1.165, 1.54) is 0 Å². The fourth-order valence-electron chi connectivity index (χ4n) is 3.17. The molecule has 1 aromatic heterocycles. The number of anilines is 1. The Kier molecular flexibility index (Phi) is 5.14. The molecule has 152 valence electrons. The third-order valence-corrected chi connectivity index (χ3v) is 5.94. The summed E-state index contributed by atoms with van der Waals surface area (Å²) in [6.45, 7) is 9.85. The minimum absolute atomic E-state index is 0.223. The van der Waals surface area contributed by atoms with Gasteiger partial charge in [-0.1, -0.05) is 17.7 Å². The van der Waals surface area contributed by atoms with Gasteiger partial charge < -0.3 is 9.64 Å². The van der Waals surface area contributed by atoms with Crippen molar-refractivity contribution >= 4 is 21.9 Å². The number of sulfonamides is 1. The number of benzene rings is 1. The zero-order chi connectivity index (χ0) is 20.7. The van der Waals surface area contributed by atoms with Crippen LogP contribution >= 0.6 is 0 Å². The number of aromatic amines is 1. The number of aryl methyl sites for hydroxylation is 2. The lowest BCUT2D eigenvalue weighted by atomic mass is 10.1. The van der Waals surface area contributed by atoms with Gasteiger partial charge in [0.25, 0.3) is 10.0 Å². The van der Waals surface area contributed by atoms with Crippen molar-refractivity contribution in [2.24, 2.45) is 0 Å². The van der Waals surface area contributed by atoms with E-state index in [9.17, 15) is 13.2 Å². The first kappa shape index (κ1) is 20.2. The Balaban J connectivity index is 1.78. The third kappa shape index (κ3) is 4.30. The predicted molar refractivity (Wildman–Crippen MR) is 106 cm³/mol. The predicted octanol–water partition coefficient (Wildman–Crippen LogP) is 3.12. The molecule has 1 aromatic carbocycles. The monoisotopic (exact) mass is 406 g/mol. The first-order valence-electron chi connectivity index (χ1n) is 9.10. The highest BCUT2D eigenvalue weighted by atomic mass is 32.2. The van der Waals surface area contributed by atoms with Crippen LogP contribution in [0.1, 0.15) is 43.2 Å². The second-order valence-corrected chi connectivity index (χ2v) is 9.71. The number of nitrogens with one attached hydrogen (secondary N) is 2. The summed E-state index contributed by atoms with van der Waals surface area (Å²) in [5.74, 6) is 0.277. The summed E-state index contributed by atoms with van der Waals surface area (Å²) >= 11 is 0. The summed E-state index contributed by atoms with van der Waals surface area (Å²) in [5, 5.41) is 6.98. The molecule has 0 unspecified atom stereocenters. The maximum Gasteiger partial charge on any atom is 0.410 e. The average Bonchev–Trinajstić information content (AvgIpc) is 2.94. The van der Waals surface area contributed by atoms with Gasteiger partial charge in [0.15, 0.2) is 5.82 Å². The lowest BCUT2D eigenvalue weighted by Gasteiger charge is -2.29. The molecule has 1 aliphatic heterocycles. The lowest BCUT2D eigenvalue weighted by Crippen LogP contribution is -2.39. The molecule has 0 atom stereocenters. The average molecular weight is 407 g/mol. The molecule has 2 heterocycles. The van der Waals surface area contributed by atoms with E-state index in [1.54, 1.807) is 24.0 Å². The van der Waals surface area contributed by atoms with E-state index in [0.29, 0.717) is 30.8 Å². The van der Waals surface area contributed by atoms with Crippen LogP contribution in [0.5, 0.6) is 0 Å². The van der Waals surface area contributed by atoms with Crippen molar-refractivity contribution < 1.29 is 17.9 Å². The van der Waals surface area contributed by atoms with Gasteiger partial charge in [-0.15, -0.1) is 0 Å². The van der Waals surface area contributed by atoms with Gasteiger partial charge in [0.1, 0.15) is 5.60 Å². The molecule has 0 bridgehead atoms. The van der Waals surface area contributed by atoms with Crippen LogP contribution in [0, 0.1) is 13.8 Å². The highest BCUT2D eigenvalue weighted by molar-refractivity contribution is 7.92. The molecule has 0 spiro atoms. The van der Waals surface area contributed by atoms with Crippen LogP contribution < -0.4 is 4.72 Å². The van der Waals surface area contributed by atoms with E-state index < -0.39 is 21.7 Å². The topological polar surface area (TPSA) is 104 Å². The number of rotatable bonds is 3. The number of fused-ring (bicyclic) bond motifs is 1. The molecule has 1 aliphatic rings. The minimum Gasteiger partial charge on any atom is -0.444 e. The summed E-state index contributed by atoms with van der Waals surface area (Å²) in [7, 11) is -3.76. The Labute approximate surface area is 165 Å². The summed E-state index contributed by atoms with van der Waals surface area (Å²) in [6.07, 6.45) is 0.0840. The maximum absolute atomic E-state index is 12.8. The van der Waals surface area contributed by atoms with Crippen LogP contribution in [-0.4, -0.2) is 41.8 Å². The molecule has 0 saturated carbocycles. The van der Waals surface area contributed by atoms with Crippen LogP contribution in [0.15, 0.2) is 23.1 Å². The van der Waals surface area contributed by atoms with Crippen LogP contribution in [0.4, 0.5) is 10.6 Å². The van der Waals surface area contributed by atoms with Crippen LogP contribution in [0.2, 0.25) is 0 Å². The normalized spacial score (nSPS) is 14.5. The molecule has 0 saturated heterocycles. The number of ether oxygens (including phenoxy) is 1. The number of carbonyl (C=O) groups excluding carboxylic acids is 1. The van der Waals surface area contributed by atoms with Crippen LogP contribution in [0.25, 0.3) is 0 Å². The Morgan fingerprint density at radius 2 is 2.00 bits per heavy atom. The molecule has 0 fully saturated rings. The maximum atomic E-state index is 12.8. The van der Waals surface area contributed by atoms with Gasteiger partial charge in [0.2, 0.25) is 0 Å². The number of H-pyrrole nitrogens is 1. The SMILES string of the molecule is Cc1ccc(S(=O)(=O)Nc2n[nH]c3c2CCN(C(=O)OC(C)(C)C)C3)c(C)c1. The third-order valence-electron chi connectivity index (χ3n) is 4.44. The van der Waals surface area contributed by atoms with Gasteiger partial charge in [-0.3, -0.25) is 9.82 Å². The van der Waals surface area contributed by atoms with Crippen molar-refractivity contribution in [1.82, 2.24) is 15.1 Å². The molecular formula is C19H26N4O4S. The quantitative estimate of drug-likeness (QED) is 0.815. The molecule has 1 amide bonds. The Morgan fingerprint density at radius 3 is 2.64 bits per heavy atom. The van der Waals surface area contributed by atoms with E-state index in [2.05, 4.69) is 14.9 Å². The molecule has 8 nitrogen and oxygen atoms in total.